The van der Waals surface area contributed by atoms with Crippen LogP contribution in [0.1, 0.15) is 33.6 Å². The average Bonchev–Trinajstić information content (AvgIpc) is 2.25. The van der Waals surface area contributed by atoms with Crippen molar-refractivity contribution >= 4 is 11.5 Å². The first-order chi connectivity index (χ1) is 8.87. The number of hydrogen-bond acceptors (Lipinski definition) is 5. The highest BCUT2D eigenvalue weighted by Crippen LogP contribution is 2.29. The van der Waals surface area contributed by atoms with Crippen molar-refractivity contribution in [2.45, 2.75) is 51.4 Å². The summed E-state index contributed by atoms with van der Waals surface area (Å²) in [7, 11) is 1.75. The maximum Gasteiger partial charge on any atom is 0.239 e. The lowest BCUT2D eigenvalue weighted by Crippen LogP contribution is -2.40. The summed E-state index contributed by atoms with van der Waals surface area (Å²) >= 11 is 0. The number of nitrogens with one attached hydrogen (secondary N) is 1. The van der Waals surface area contributed by atoms with Crippen molar-refractivity contribution in [1.82, 2.24) is 4.98 Å². The predicted octanol–water partition coefficient (Wildman–Crippen LogP) is 2.43. The number of rotatable bonds is 4. The van der Waals surface area contributed by atoms with Crippen LogP contribution in [0.5, 0.6) is 5.88 Å². The van der Waals surface area contributed by atoms with Crippen LogP contribution in [0.2, 0.25) is 0 Å². The van der Waals surface area contributed by atoms with E-state index in [0.717, 1.165) is 18.7 Å². The van der Waals surface area contributed by atoms with Gasteiger partial charge in [-0.3, -0.25) is 0 Å². The number of nitrogen functional groups attached to an aromatic ring is 1. The third-order valence-corrected chi connectivity index (χ3v) is 3.07. The number of nitrogens with zero attached hydrogens (tertiary/aromatic N) is 1. The molecule has 1 aromatic heterocycles. The van der Waals surface area contributed by atoms with E-state index in [9.17, 15) is 0 Å². The lowest BCUT2D eigenvalue weighted by Gasteiger charge is -2.35. The van der Waals surface area contributed by atoms with Crippen LogP contribution in [0.3, 0.4) is 0 Å². The summed E-state index contributed by atoms with van der Waals surface area (Å²) in [6, 6.07) is 4.12. The molecule has 0 aliphatic heterocycles. The number of aromatic nitrogens is 1. The van der Waals surface area contributed by atoms with Gasteiger partial charge >= 0.3 is 0 Å². The van der Waals surface area contributed by atoms with Crippen molar-refractivity contribution in [2.24, 2.45) is 0 Å². The van der Waals surface area contributed by atoms with Crippen LogP contribution < -0.4 is 15.8 Å². The Morgan fingerprint density at radius 1 is 1.32 bits per heavy atom. The zero-order valence-electron chi connectivity index (χ0n) is 12.1. The summed E-state index contributed by atoms with van der Waals surface area (Å²) in [5.41, 5.74) is 6.13. The molecule has 0 bridgehead atoms. The van der Waals surface area contributed by atoms with Crippen LogP contribution in [0, 0.1) is 0 Å². The molecule has 0 aromatic carbocycles. The molecule has 5 nitrogen and oxygen atoms in total. The second-order valence-electron chi connectivity index (χ2n) is 5.98. The van der Waals surface area contributed by atoms with Crippen molar-refractivity contribution in [2.75, 3.05) is 18.2 Å². The van der Waals surface area contributed by atoms with Crippen LogP contribution in [0.25, 0.3) is 0 Å². The molecule has 1 heterocycles. The summed E-state index contributed by atoms with van der Waals surface area (Å²) in [5.74, 6) is 1.29. The van der Waals surface area contributed by atoms with Gasteiger partial charge in [-0.1, -0.05) is 0 Å². The Hall–Kier alpha value is -1.49. The van der Waals surface area contributed by atoms with Crippen LogP contribution in [0.4, 0.5) is 11.5 Å². The van der Waals surface area contributed by atoms with Crippen LogP contribution in [0.15, 0.2) is 12.1 Å². The summed E-state index contributed by atoms with van der Waals surface area (Å²) in [6.45, 7) is 5.93. The Kier molecular flexibility index (Phi) is 3.85. The molecule has 5 heteroatoms. The van der Waals surface area contributed by atoms with Gasteiger partial charge in [0.2, 0.25) is 5.88 Å². The minimum atomic E-state index is -0.308. The molecule has 1 saturated carbocycles. The van der Waals surface area contributed by atoms with Crippen LogP contribution in [-0.4, -0.2) is 29.8 Å². The van der Waals surface area contributed by atoms with Crippen molar-refractivity contribution < 1.29 is 9.47 Å². The van der Waals surface area contributed by atoms with E-state index in [2.05, 4.69) is 10.3 Å². The molecule has 0 atom stereocenters. The summed E-state index contributed by atoms with van der Waals surface area (Å²) in [6.07, 6.45) is 2.40. The minimum absolute atomic E-state index is 0.308. The van der Waals surface area contributed by atoms with E-state index >= 15 is 0 Å². The summed E-state index contributed by atoms with van der Waals surface area (Å²) < 4.78 is 11.0. The Labute approximate surface area is 114 Å². The molecule has 0 radical (unpaired) electrons. The average molecular weight is 265 g/mol. The third-order valence-electron chi connectivity index (χ3n) is 3.07. The highest BCUT2D eigenvalue weighted by atomic mass is 16.5. The lowest BCUT2D eigenvalue weighted by molar-refractivity contribution is 0.0327. The quantitative estimate of drug-likeness (QED) is 0.875. The van der Waals surface area contributed by atoms with Gasteiger partial charge in [-0.2, -0.15) is 4.98 Å². The Bertz CT molecular complexity index is 437. The molecule has 1 fully saturated rings. The van der Waals surface area contributed by atoms with Crippen molar-refractivity contribution in [3.63, 3.8) is 0 Å². The first kappa shape index (κ1) is 13.9. The first-order valence-corrected chi connectivity index (χ1v) is 6.62. The SMILES string of the molecule is COC1CC(Nc2ccc(N)c(OC(C)(C)C)n2)C1. The van der Waals surface area contributed by atoms with Gasteiger partial charge in [0.25, 0.3) is 0 Å². The number of anilines is 2. The standard InChI is InChI=1S/C14H23N3O2/c1-14(2,3)19-13-11(15)5-6-12(17-13)16-9-7-10(8-9)18-4/h5-6,9-10H,7-8,15H2,1-4H3,(H,16,17). The molecule has 1 aromatic rings. The van der Waals surface area contributed by atoms with E-state index < -0.39 is 0 Å². The second-order valence-corrected chi connectivity index (χ2v) is 5.98. The van der Waals surface area contributed by atoms with Gasteiger partial charge in [0.1, 0.15) is 11.4 Å². The molecular formula is C14H23N3O2. The molecule has 2 rings (SSSR count). The normalized spacial score (nSPS) is 22.7. The van der Waals surface area contributed by atoms with Gasteiger partial charge in [-0.05, 0) is 45.7 Å². The fourth-order valence-corrected chi connectivity index (χ4v) is 1.99. The van der Waals surface area contributed by atoms with Gasteiger partial charge in [0.05, 0.1) is 11.8 Å². The van der Waals surface area contributed by atoms with E-state index in [1.54, 1.807) is 7.11 Å². The molecule has 0 unspecified atom stereocenters. The summed E-state index contributed by atoms with van der Waals surface area (Å²) in [4.78, 5) is 4.43. The topological polar surface area (TPSA) is 69.4 Å². The van der Waals surface area contributed by atoms with E-state index in [-0.39, 0.29) is 5.60 Å². The van der Waals surface area contributed by atoms with E-state index in [0.29, 0.717) is 23.7 Å². The van der Waals surface area contributed by atoms with Crippen LogP contribution >= 0.6 is 0 Å². The molecular weight excluding hydrogens is 242 g/mol. The van der Waals surface area contributed by atoms with Gasteiger partial charge in [0.15, 0.2) is 0 Å². The fraction of sp³-hybridized carbons (Fsp3) is 0.643. The monoisotopic (exact) mass is 265 g/mol. The smallest absolute Gasteiger partial charge is 0.239 e. The Morgan fingerprint density at radius 3 is 2.58 bits per heavy atom. The minimum Gasteiger partial charge on any atom is -0.470 e. The molecule has 19 heavy (non-hydrogen) atoms. The highest BCUT2D eigenvalue weighted by Gasteiger charge is 2.29. The number of nitrogens with two attached hydrogens (primary N) is 1. The van der Waals surface area contributed by atoms with Crippen molar-refractivity contribution in [1.29, 1.82) is 0 Å². The van der Waals surface area contributed by atoms with Gasteiger partial charge < -0.3 is 20.5 Å². The molecule has 1 aliphatic carbocycles. The number of methoxy groups -OCH3 is 1. The third kappa shape index (κ3) is 3.73. The molecule has 0 amide bonds. The van der Waals surface area contributed by atoms with E-state index in [1.165, 1.54) is 0 Å². The van der Waals surface area contributed by atoms with Crippen molar-refractivity contribution in [3.8, 4) is 5.88 Å². The first-order valence-electron chi connectivity index (χ1n) is 6.62. The van der Waals surface area contributed by atoms with Gasteiger partial charge in [-0.25, -0.2) is 0 Å². The molecule has 106 valence electrons. The molecule has 1 aliphatic rings. The number of pyridine rings is 1. The number of ether oxygens (including phenoxy) is 2. The maximum atomic E-state index is 5.88. The molecule has 3 N–H and O–H groups in total. The second kappa shape index (κ2) is 5.25. The maximum absolute atomic E-state index is 5.88. The largest absolute Gasteiger partial charge is 0.470 e. The van der Waals surface area contributed by atoms with Gasteiger partial charge in [0, 0.05) is 13.2 Å². The van der Waals surface area contributed by atoms with Gasteiger partial charge in [-0.15, -0.1) is 0 Å². The Balaban J connectivity index is 2.00. The van der Waals surface area contributed by atoms with Crippen molar-refractivity contribution in [3.05, 3.63) is 12.1 Å². The lowest BCUT2D eigenvalue weighted by atomic mass is 9.89. The van der Waals surface area contributed by atoms with E-state index in [1.807, 2.05) is 32.9 Å². The fourth-order valence-electron chi connectivity index (χ4n) is 1.99. The number of hydrogen-bond donors (Lipinski definition) is 2. The highest BCUT2D eigenvalue weighted by molar-refractivity contribution is 5.54. The predicted molar refractivity (Wildman–Crippen MR) is 76.5 cm³/mol. The zero-order valence-corrected chi connectivity index (χ0v) is 12.1. The zero-order chi connectivity index (χ0) is 14.0. The Morgan fingerprint density at radius 2 is 2.00 bits per heavy atom. The summed E-state index contributed by atoms with van der Waals surface area (Å²) in [5, 5.41) is 3.37. The molecule has 0 saturated heterocycles. The van der Waals surface area contributed by atoms with E-state index in [4.69, 9.17) is 15.2 Å². The molecule has 0 spiro atoms. The van der Waals surface area contributed by atoms with Crippen LogP contribution in [-0.2, 0) is 4.74 Å².